The van der Waals surface area contributed by atoms with E-state index < -0.39 is 18.0 Å². The van der Waals surface area contributed by atoms with Gasteiger partial charge < -0.3 is 15.1 Å². The first-order valence-electron chi connectivity index (χ1n) is 6.02. The number of hydrogen-bond donors (Lipinski definition) is 2. The predicted molar refractivity (Wildman–Crippen MR) is 69.2 cm³/mol. The molecule has 0 bridgehead atoms. The van der Waals surface area contributed by atoms with Gasteiger partial charge in [-0.05, 0) is 11.6 Å². The molecule has 102 valence electrons. The Kier molecular flexibility index (Phi) is 3.71. The zero-order valence-corrected chi connectivity index (χ0v) is 10.6. The Bertz CT molecular complexity index is 503. The molecule has 1 aliphatic rings. The predicted octanol–water partition coefficient (Wildman–Crippen LogP) is 0.546. The van der Waals surface area contributed by atoms with Crippen LogP contribution in [0, 0.1) is 0 Å². The minimum absolute atomic E-state index is 0.157. The Morgan fingerprint density at radius 3 is 2.74 bits per heavy atom. The molecule has 0 saturated carbocycles. The van der Waals surface area contributed by atoms with E-state index in [-0.39, 0.29) is 13.2 Å². The van der Waals surface area contributed by atoms with Crippen molar-refractivity contribution in [3.8, 4) is 0 Å². The van der Waals surface area contributed by atoms with E-state index in [4.69, 9.17) is 5.11 Å². The first kappa shape index (κ1) is 13.4. The van der Waals surface area contributed by atoms with Crippen molar-refractivity contribution in [1.29, 1.82) is 0 Å². The highest BCUT2D eigenvalue weighted by molar-refractivity contribution is 6.00. The normalized spacial score (nSPS) is 17.2. The van der Waals surface area contributed by atoms with Gasteiger partial charge in [0, 0.05) is 25.7 Å². The summed E-state index contributed by atoms with van der Waals surface area (Å²) in [5, 5.41) is 18.1. The quantitative estimate of drug-likeness (QED) is 0.835. The number of carboxylic acid groups (broad SMARTS) is 1. The minimum Gasteiger partial charge on any atom is -0.480 e. The second-order valence-electron chi connectivity index (χ2n) is 4.48. The Hall–Kier alpha value is -2.08. The van der Waals surface area contributed by atoms with Gasteiger partial charge in [-0.2, -0.15) is 0 Å². The van der Waals surface area contributed by atoms with E-state index in [2.05, 4.69) is 0 Å². The summed E-state index contributed by atoms with van der Waals surface area (Å²) in [7, 11) is 1.54. The van der Waals surface area contributed by atoms with Gasteiger partial charge in [-0.25, -0.2) is 9.59 Å². The van der Waals surface area contributed by atoms with Gasteiger partial charge in [-0.1, -0.05) is 18.2 Å². The molecule has 0 aliphatic carbocycles. The van der Waals surface area contributed by atoms with E-state index in [1.54, 1.807) is 19.2 Å². The first-order valence-corrected chi connectivity index (χ1v) is 6.02. The molecule has 2 amide bonds. The standard InChI is InChI=1S/C13H16N2O4/c1-14(6-7-16)13(19)15-10-5-3-2-4-9(10)8-11(15)12(17)18/h2-5,11,16H,6-8H2,1H3,(H,17,18). The average molecular weight is 264 g/mol. The second kappa shape index (κ2) is 5.27. The number of benzene rings is 1. The van der Waals surface area contributed by atoms with Gasteiger partial charge in [0.15, 0.2) is 0 Å². The van der Waals surface area contributed by atoms with Gasteiger partial charge >= 0.3 is 12.0 Å². The van der Waals surface area contributed by atoms with E-state index >= 15 is 0 Å². The molecule has 0 fully saturated rings. The number of carbonyl (C=O) groups is 2. The molecule has 19 heavy (non-hydrogen) atoms. The molecular formula is C13H16N2O4. The molecule has 2 rings (SSSR count). The van der Waals surface area contributed by atoms with E-state index in [1.807, 2.05) is 12.1 Å². The third kappa shape index (κ3) is 2.39. The summed E-state index contributed by atoms with van der Waals surface area (Å²) in [6.45, 7) is 0.0132. The van der Waals surface area contributed by atoms with Crippen molar-refractivity contribution in [1.82, 2.24) is 4.90 Å². The maximum atomic E-state index is 12.3. The van der Waals surface area contributed by atoms with Crippen LogP contribution in [0.2, 0.25) is 0 Å². The highest BCUT2D eigenvalue weighted by Crippen LogP contribution is 2.32. The Morgan fingerprint density at radius 1 is 1.42 bits per heavy atom. The highest BCUT2D eigenvalue weighted by Gasteiger charge is 2.39. The van der Waals surface area contributed by atoms with E-state index in [1.165, 1.54) is 9.80 Å². The topological polar surface area (TPSA) is 81.1 Å². The number of urea groups is 1. The van der Waals surface area contributed by atoms with Gasteiger partial charge in [0.05, 0.1) is 6.61 Å². The fourth-order valence-corrected chi connectivity index (χ4v) is 2.25. The second-order valence-corrected chi connectivity index (χ2v) is 4.48. The summed E-state index contributed by atoms with van der Waals surface area (Å²) in [5.41, 5.74) is 1.48. The summed E-state index contributed by atoms with van der Waals surface area (Å²) < 4.78 is 0. The largest absolute Gasteiger partial charge is 0.480 e. The highest BCUT2D eigenvalue weighted by atomic mass is 16.4. The molecule has 0 aromatic heterocycles. The SMILES string of the molecule is CN(CCO)C(=O)N1c2ccccc2CC1C(=O)O. The molecule has 1 aliphatic heterocycles. The summed E-state index contributed by atoms with van der Waals surface area (Å²) >= 11 is 0. The molecule has 1 atom stereocenters. The number of aliphatic carboxylic acids is 1. The number of hydrogen-bond acceptors (Lipinski definition) is 3. The van der Waals surface area contributed by atoms with Crippen molar-refractivity contribution in [2.75, 3.05) is 25.1 Å². The molecule has 0 saturated heterocycles. The van der Waals surface area contributed by atoms with E-state index in [0.717, 1.165) is 5.56 Å². The van der Waals surface area contributed by atoms with Crippen molar-refractivity contribution >= 4 is 17.7 Å². The molecule has 0 radical (unpaired) electrons. The van der Waals surface area contributed by atoms with Crippen LogP contribution in [0.1, 0.15) is 5.56 Å². The Balaban J connectivity index is 2.34. The molecule has 6 nitrogen and oxygen atoms in total. The van der Waals surface area contributed by atoms with Crippen molar-refractivity contribution in [3.05, 3.63) is 29.8 Å². The number of anilines is 1. The number of likely N-dealkylation sites (N-methyl/N-ethyl adjacent to an activating group) is 1. The zero-order valence-electron chi connectivity index (χ0n) is 10.6. The van der Waals surface area contributed by atoms with Crippen LogP contribution in [-0.2, 0) is 11.2 Å². The van der Waals surface area contributed by atoms with Gasteiger partial charge in [0.25, 0.3) is 0 Å². The lowest BCUT2D eigenvalue weighted by molar-refractivity contribution is -0.138. The van der Waals surface area contributed by atoms with Crippen molar-refractivity contribution < 1.29 is 19.8 Å². The van der Waals surface area contributed by atoms with Gasteiger partial charge in [-0.3, -0.25) is 4.90 Å². The smallest absolute Gasteiger partial charge is 0.327 e. The number of fused-ring (bicyclic) bond motifs is 1. The van der Waals surface area contributed by atoms with E-state index in [0.29, 0.717) is 12.1 Å². The van der Waals surface area contributed by atoms with Crippen LogP contribution in [-0.4, -0.2) is 53.4 Å². The lowest BCUT2D eigenvalue weighted by Gasteiger charge is -2.27. The molecule has 1 heterocycles. The average Bonchev–Trinajstić information content (AvgIpc) is 2.77. The lowest BCUT2D eigenvalue weighted by atomic mass is 10.1. The zero-order chi connectivity index (χ0) is 14.0. The molecular weight excluding hydrogens is 248 g/mol. The number of nitrogens with zero attached hydrogens (tertiary/aromatic N) is 2. The van der Waals surface area contributed by atoms with Crippen LogP contribution >= 0.6 is 0 Å². The number of rotatable bonds is 3. The summed E-state index contributed by atoms with van der Waals surface area (Å²) in [6, 6.07) is 5.86. The maximum absolute atomic E-state index is 12.3. The Labute approximate surface area is 110 Å². The first-order chi connectivity index (χ1) is 9.06. The molecule has 1 aromatic carbocycles. The van der Waals surface area contributed by atoms with Crippen LogP contribution in [0.4, 0.5) is 10.5 Å². The molecule has 1 aromatic rings. The van der Waals surface area contributed by atoms with Crippen molar-refractivity contribution in [2.45, 2.75) is 12.5 Å². The van der Waals surface area contributed by atoms with Gasteiger partial charge in [0.1, 0.15) is 6.04 Å². The number of carboxylic acids is 1. The third-order valence-electron chi connectivity index (χ3n) is 3.23. The molecule has 6 heteroatoms. The van der Waals surface area contributed by atoms with Crippen LogP contribution < -0.4 is 4.90 Å². The monoisotopic (exact) mass is 264 g/mol. The molecule has 2 N–H and O–H groups in total. The van der Waals surface area contributed by atoms with Crippen molar-refractivity contribution in [2.24, 2.45) is 0 Å². The summed E-state index contributed by atoms with van der Waals surface area (Å²) in [4.78, 5) is 26.2. The third-order valence-corrected chi connectivity index (χ3v) is 3.23. The minimum atomic E-state index is -1.03. The van der Waals surface area contributed by atoms with Crippen LogP contribution in [0.3, 0.4) is 0 Å². The van der Waals surface area contributed by atoms with Crippen molar-refractivity contribution in [3.63, 3.8) is 0 Å². The molecule has 1 unspecified atom stereocenters. The number of amides is 2. The fourth-order valence-electron chi connectivity index (χ4n) is 2.25. The van der Waals surface area contributed by atoms with Gasteiger partial charge in [-0.15, -0.1) is 0 Å². The lowest BCUT2D eigenvalue weighted by Crippen LogP contribution is -2.49. The summed E-state index contributed by atoms with van der Waals surface area (Å²) in [6.07, 6.45) is 0.310. The summed E-state index contributed by atoms with van der Waals surface area (Å²) in [5.74, 6) is -1.03. The van der Waals surface area contributed by atoms with Crippen LogP contribution in [0.25, 0.3) is 0 Å². The number of para-hydroxylation sites is 1. The number of aliphatic hydroxyl groups excluding tert-OH is 1. The Morgan fingerprint density at radius 2 is 2.11 bits per heavy atom. The maximum Gasteiger partial charge on any atom is 0.327 e. The number of aliphatic hydroxyl groups is 1. The van der Waals surface area contributed by atoms with E-state index in [9.17, 15) is 14.7 Å². The molecule has 0 spiro atoms. The number of carbonyl (C=O) groups excluding carboxylic acids is 1. The van der Waals surface area contributed by atoms with Crippen LogP contribution in [0.15, 0.2) is 24.3 Å². The van der Waals surface area contributed by atoms with Gasteiger partial charge in [0.2, 0.25) is 0 Å². The fraction of sp³-hybridized carbons (Fsp3) is 0.385. The van der Waals surface area contributed by atoms with Crippen LogP contribution in [0.5, 0.6) is 0 Å².